The second kappa shape index (κ2) is 9.23. The fourth-order valence-corrected chi connectivity index (χ4v) is 4.57. The highest BCUT2D eigenvalue weighted by Gasteiger charge is 2.13. The van der Waals surface area contributed by atoms with E-state index in [1.165, 1.54) is 16.7 Å². The van der Waals surface area contributed by atoms with Crippen LogP contribution >= 0.6 is 11.3 Å². The Hall–Kier alpha value is -2.98. The maximum atomic E-state index is 4.94. The Morgan fingerprint density at radius 1 is 0.967 bits per heavy atom. The lowest BCUT2D eigenvalue weighted by atomic mass is 9.98. The number of hydrogen-bond acceptors (Lipinski definition) is 4. The van der Waals surface area contributed by atoms with Gasteiger partial charge in [-0.2, -0.15) is 0 Å². The highest BCUT2D eigenvalue weighted by Crippen LogP contribution is 2.30. The summed E-state index contributed by atoms with van der Waals surface area (Å²) < 4.78 is 0. The average Bonchev–Trinajstić information content (AvgIpc) is 3.25. The molecule has 0 saturated carbocycles. The van der Waals surface area contributed by atoms with Gasteiger partial charge < -0.3 is 5.32 Å². The van der Waals surface area contributed by atoms with E-state index >= 15 is 0 Å². The van der Waals surface area contributed by atoms with E-state index in [1.807, 2.05) is 18.3 Å². The summed E-state index contributed by atoms with van der Waals surface area (Å²) in [5.41, 5.74) is 6.17. The third kappa shape index (κ3) is 4.95. The normalized spacial score (nSPS) is 13.0. The van der Waals surface area contributed by atoms with Crippen LogP contribution in [-0.4, -0.2) is 9.97 Å². The number of nitrogens with one attached hydrogen (secondary N) is 1. The molecule has 0 amide bonds. The number of aryl methyl sites for hydroxylation is 1. The van der Waals surface area contributed by atoms with Gasteiger partial charge in [0.25, 0.3) is 0 Å². The third-order valence-corrected chi connectivity index (χ3v) is 6.23. The number of benzene rings is 2. The van der Waals surface area contributed by atoms with Crippen LogP contribution in [0, 0.1) is 6.92 Å². The van der Waals surface area contributed by atoms with Crippen molar-refractivity contribution in [1.29, 1.82) is 0 Å². The number of anilines is 1. The molecule has 0 aliphatic carbocycles. The molecule has 152 valence electrons. The summed E-state index contributed by atoms with van der Waals surface area (Å²) >= 11 is 1.70. The van der Waals surface area contributed by atoms with Crippen molar-refractivity contribution in [2.75, 3.05) is 5.32 Å². The Kier molecular flexibility index (Phi) is 6.24. The van der Waals surface area contributed by atoms with Gasteiger partial charge in [0.1, 0.15) is 10.8 Å². The maximum absolute atomic E-state index is 4.94. The second-order valence-electron chi connectivity index (χ2n) is 7.88. The summed E-state index contributed by atoms with van der Waals surface area (Å²) in [5, 5.41) is 6.73. The lowest BCUT2D eigenvalue weighted by Gasteiger charge is -2.15. The number of thiazole rings is 1. The van der Waals surface area contributed by atoms with Gasteiger partial charge in [-0.25, -0.2) is 9.97 Å². The van der Waals surface area contributed by atoms with Crippen LogP contribution < -0.4 is 5.32 Å². The van der Waals surface area contributed by atoms with Crippen molar-refractivity contribution in [2.24, 2.45) is 0 Å². The molecule has 30 heavy (non-hydrogen) atoms. The van der Waals surface area contributed by atoms with Gasteiger partial charge in [-0.1, -0.05) is 67.1 Å². The zero-order valence-electron chi connectivity index (χ0n) is 17.7. The average molecular weight is 414 g/mol. The molecule has 1 N–H and O–H groups in total. The third-order valence-electron chi connectivity index (χ3n) is 5.32. The van der Waals surface area contributed by atoms with E-state index < -0.39 is 0 Å². The van der Waals surface area contributed by atoms with Gasteiger partial charge in [-0.15, -0.1) is 11.3 Å². The van der Waals surface area contributed by atoms with Crippen LogP contribution in [0.4, 0.5) is 5.82 Å². The molecular weight excluding hydrogens is 386 g/mol. The van der Waals surface area contributed by atoms with Gasteiger partial charge in [-0.3, -0.25) is 0 Å². The molecule has 2 heterocycles. The smallest absolute Gasteiger partial charge is 0.127 e. The molecule has 0 spiro atoms. The van der Waals surface area contributed by atoms with Crippen LogP contribution in [0.2, 0.25) is 0 Å². The Balaban J connectivity index is 1.47. The number of pyridine rings is 1. The van der Waals surface area contributed by atoms with Crippen molar-refractivity contribution in [3.63, 3.8) is 0 Å². The minimum absolute atomic E-state index is 0.190. The molecule has 2 aromatic carbocycles. The van der Waals surface area contributed by atoms with E-state index in [4.69, 9.17) is 4.98 Å². The van der Waals surface area contributed by atoms with E-state index in [9.17, 15) is 0 Å². The summed E-state index contributed by atoms with van der Waals surface area (Å²) in [4.78, 5) is 9.44. The Morgan fingerprint density at radius 2 is 1.80 bits per heavy atom. The lowest BCUT2D eigenvalue weighted by Crippen LogP contribution is -2.07. The van der Waals surface area contributed by atoms with Crippen LogP contribution in [0.15, 0.2) is 78.3 Å². The summed E-state index contributed by atoms with van der Waals surface area (Å²) in [5.74, 6) is 1.25. The van der Waals surface area contributed by atoms with Gasteiger partial charge in [0.05, 0.1) is 5.69 Å². The molecule has 0 bridgehead atoms. The van der Waals surface area contributed by atoms with Crippen molar-refractivity contribution in [1.82, 2.24) is 9.97 Å². The SMILES string of the molecule is Cc1cccc(CC(C)c2csc(-c3ccnc(N[C@H](C)c4ccccc4)c3)n2)c1. The number of hydrogen-bond donors (Lipinski definition) is 1. The minimum atomic E-state index is 0.190. The predicted molar refractivity (Wildman–Crippen MR) is 127 cm³/mol. The second-order valence-corrected chi connectivity index (χ2v) is 8.74. The van der Waals surface area contributed by atoms with Crippen LogP contribution in [0.1, 0.15) is 48.2 Å². The van der Waals surface area contributed by atoms with Gasteiger partial charge in [0.2, 0.25) is 0 Å². The Bertz CT molecular complexity index is 1100. The molecule has 2 aromatic heterocycles. The molecule has 4 aromatic rings. The zero-order chi connectivity index (χ0) is 20.9. The lowest BCUT2D eigenvalue weighted by molar-refractivity contribution is 0.737. The Morgan fingerprint density at radius 3 is 2.60 bits per heavy atom. The topological polar surface area (TPSA) is 37.8 Å². The molecule has 1 unspecified atom stereocenters. The van der Waals surface area contributed by atoms with Gasteiger partial charge >= 0.3 is 0 Å². The van der Waals surface area contributed by atoms with E-state index in [0.717, 1.165) is 28.5 Å². The van der Waals surface area contributed by atoms with Crippen molar-refractivity contribution < 1.29 is 0 Å². The van der Waals surface area contributed by atoms with Crippen molar-refractivity contribution >= 4 is 17.2 Å². The first kappa shape index (κ1) is 20.3. The van der Waals surface area contributed by atoms with E-state index in [-0.39, 0.29) is 6.04 Å². The van der Waals surface area contributed by atoms with Crippen LogP contribution in [0.25, 0.3) is 10.6 Å². The Labute approximate surface area is 182 Å². The van der Waals surface area contributed by atoms with Crippen LogP contribution in [0.5, 0.6) is 0 Å². The van der Waals surface area contributed by atoms with E-state index in [1.54, 1.807) is 11.3 Å². The number of aromatic nitrogens is 2. The first-order chi connectivity index (χ1) is 14.6. The fraction of sp³-hybridized carbons (Fsp3) is 0.231. The van der Waals surface area contributed by atoms with Crippen molar-refractivity contribution in [2.45, 2.75) is 39.2 Å². The molecule has 4 heteroatoms. The molecule has 0 fully saturated rings. The minimum Gasteiger partial charge on any atom is -0.364 e. The monoisotopic (exact) mass is 413 g/mol. The molecule has 0 radical (unpaired) electrons. The summed E-state index contributed by atoms with van der Waals surface area (Å²) in [6.07, 6.45) is 2.86. The highest BCUT2D eigenvalue weighted by atomic mass is 32.1. The summed E-state index contributed by atoms with van der Waals surface area (Å²) in [7, 11) is 0. The van der Waals surface area contributed by atoms with E-state index in [2.05, 4.69) is 91.0 Å². The van der Waals surface area contributed by atoms with Gasteiger partial charge in [-0.05, 0) is 43.5 Å². The quantitative estimate of drug-likeness (QED) is 0.353. The fourth-order valence-electron chi connectivity index (χ4n) is 3.63. The molecule has 0 aliphatic heterocycles. The molecule has 0 aliphatic rings. The largest absolute Gasteiger partial charge is 0.364 e. The zero-order valence-corrected chi connectivity index (χ0v) is 18.5. The first-order valence-corrected chi connectivity index (χ1v) is 11.3. The number of rotatable bonds is 7. The van der Waals surface area contributed by atoms with Crippen molar-refractivity contribution in [3.05, 3.63) is 101 Å². The molecule has 4 rings (SSSR count). The maximum Gasteiger partial charge on any atom is 0.127 e. The van der Waals surface area contributed by atoms with Crippen molar-refractivity contribution in [3.8, 4) is 10.6 Å². The number of nitrogens with zero attached hydrogens (tertiary/aromatic N) is 2. The predicted octanol–water partition coefficient (Wildman–Crippen LogP) is 7.03. The standard InChI is InChI=1S/C26H27N3S/c1-18-8-7-9-21(14-18)15-19(2)24-17-30-26(29-24)23-12-13-27-25(16-23)28-20(3)22-10-5-4-6-11-22/h4-14,16-17,19-20H,15H2,1-3H3,(H,27,28)/t19?,20-/m1/s1. The molecule has 0 saturated heterocycles. The van der Waals surface area contributed by atoms with Crippen LogP contribution in [-0.2, 0) is 6.42 Å². The van der Waals surface area contributed by atoms with E-state index in [0.29, 0.717) is 5.92 Å². The first-order valence-electron chi connectivity index (χ1n) is 10.4. The highest BCUT2D eigenvalue weighted by molar-refractivity contribution is 7.13. The molecule has 3 nitrogen and oxygen atoms in total. The van der Waals surface area contributed by atoms with Crippen LogP contribution in [0.3, 0.4) is 0 Å². The van der Waals surface area contributed by atoms with Gasteiger partial charge in [0.15, 0.2) is 0 Å². The summed E-state index contributed by atoms with van der Waals surface area (Å²) in [6.45, 7) is 6.54. The summed E-state index contributed by atoms with van der Waals surface area (Å²) in [6, 6.07) is 23.5. The van der Waals surface area contributed by atoms with Gasteiger partial charge in [0, 0.05) is 29.1 Å². The molecular formula is C26H27N3S. The molecule has 2 atom stereocenters.